The van der Waals surface area contributed by atoms with Crippen molar-refractivity contribution in [3.05, 3.63) is 76.0 Å². The lowest BCUT2D eigenvalue weighted by Gasteiger charge is -2.12. The number of nitrogens with two attached hydrogens (primary N) is 1. The van der Waals surface area contributed by atoms with Gasteiger partial charge in [0.25, 0.3) is 17.4 Å². The van der Waals surface area contributed by atoms with E-state index in [2.05, 4.69) is 5.32 Å². The van der Waals surface area contributed by atoms with Gasteiger partial charge in [-0.15, -0.1) is 0 Å². The minimum atomic E-state index is -0.623. The molecule has 1 aliphatic rings. The van der Waals surface area contributed by atoms with Gasteiger partial charge < -0.3 is 14.9 Å². The van der Waals surface area contributed by atoms with Crippen molar-refractivity contribution in [2.75, 3.05) is 5.73 Å². The molecule has 2 aromatic heterocycles. The van der Waals surface area contributed by atoms with Crippen LogP contribution in [0.1, 0.15) is 26.5 Å². The number of nitrogens with zero attached hydrogens (tertiary/aromatic N) is 1. The molecule has 2 amide bonds. The van der Waals surface area contributed by atoms with Crippen LogP contribution < -0.4 is 21.3 Å². The molecule has 1 aliphatic heterocycles. The molecule has 0 saturated carbocycles. The molecule has 0 aliphatic carbocycles. The number of benzene rings is 1. The summed E-state index contributed by atoms with van der Waals surface area (Å²) in [6.07, 6.45) is 1.56. The first-order chi connectivity index (χ1) is 12.5. The zero-order valence-corrected chi connectivity index (χ0v) is 13.4. The maximum Gasteiger partial charge on any atom is 0.262 e. The molecule has 8 nitrogen and oxygen atoms in total. The molecule has 0 fully saturated rings. The average Bonchev–Trinajstić information content (AvgIpc) is 3.22. The Labute approximate surface area is 146 Å². The molecule has 130 valence electrons. The molecule has 0 radical (unpaired) electrons. The number of hydrogen-bond acceptors (Lipinski definition) is 6. The van der Waals surface area contributed by atoms with Crippen LogP contribution in [0.3, 0.4) is 0 Å². The largest absolute Gasteiger partial charge is 0.486 e. The molecular weight excluding hydrogens is 338 g/mol. The van der Waals surface area contributed by atoms with E-state index in [-0.39, 0.29) is 23.6 Å². The van der Waals surface area contributed by atoms with Crippen LogP contribution in [0.2, 0.25) is 0 Å². The molecule has 3 N–H and O–H groups in total. The van der Waals surface area contributed by atoms with Gasteiger partial charge >= 0.3 is 0 Å². The van der Waals surface area contributed by atoms with Gasteiger partial charge in [0.2, 0.25) is 0 Å². The van der Waals surface area contributed by atoms with Gasteiger partial charge in [0.05, 0.1) is 23.1 Å². The number of pyridine rings is 1. The number of hydrogen-bond donors (Lipinski definition) is 2. The van der Waals surface area contributed by atoms with Crippen molar-refractivity contribution >= 4 is 17.6 Å². The van der Waals surface area contributed by atoms with Crippen LogP contribution in [-0.4, -0.2) is 16.4 Å². The summed E-state index contributed by atoms with van der Waals surface area (Å²) in [4.78, 5) is 35.9. The molecule has 8 heteroatoms. The van der Waals surface area contributed by atoms with Crippen molar-refractivity contribution in [2.45, 2.75) is 6.61 Å². The Morgan fingerprint density at radius 3 is 2.54 bits per heavy atom. The first kappa shape index (κ1) is 15.7. The zero-order chi connectivity index (χ0) is 18.3. The standard InChI is InChI=1S/C18H13N3O5/c19-16-15-13(17(23)20-18(15)24)8-14(22)21(16)10-3-5-11(6-4-10)26-9-12-2-1-7-25-12/h1-8H,9,19H2,(H,20,23,24). The van der Waals surface area contributed by atoms with Gasteiger partial charge in [-0.1, -0.05) is 0 Å². The van der Waals surface area contributed by atoms with E-state index in [0.717, 1.165) is 6.07 Å². The molecule has 0 bridgehead atoms. The Balaban J connectivity index is 1.66. The lowest BCUT2D eigenvalue weighted by Crippen LogP contribution is -2.24. The first-order valence-electron chi connectivity index (χ1n) is 7.71. The number of ether oxygens (including phenoxy) is 1. The quantitative estimate of drug-likeness (QED) is 0.688. The SMILES string of the molecule is Nc1c2c(cc(=O)n1-c1ccc(OCc3ccco3)cc1)C(=O)NC2=O. The Kier molecular flexibility index (Phi) is 3.58. The van der Waals surface area contributed by atoms with Crippen LogP contribution in [0.25, 0.3) is 5.69 Å². The number of amides is 2. The third-order valence-electron chi connectivity index (χ3n) is 4.01. The molecule has 1 aromatic carbocycles. The highest BCUT2D eigenvalue weighted by atomic mass is 16.5. The van der Waals surface area contributed by atoms with Crippen LogP contribution in [0, 0.1) is 0 Å². The minimum absolute atomic E-state index is 0.00717. The van der Waals surface area contributed by atoms with Crippen LogP contribution in [0.15, 0.2) is 57.9 Å². The number of fused-ring (bicyclic) bond motifs is 1. The fourth-order valence-electron chi connectivity index (χ4n) is 2.79. The van der Waals surface area contributed by atoms with E-state index in [1.54, 1.807) is 42.7 Å². The topological polar surface area (TPSA) is 117 Å². The summed E-state index contributed by atoms with van der Waals surface area (Å²) in [7, 11) is 0. The normalized spacial score (nSPS) is 12.8. The highest BCUT2D eigenvalue weighted by Gasteiger charge is 2.31. The first-order valence-corrected chi connectivity index (χ1v) is 7.71. The molecule has 0 atom stereocenters. The molecule has 0 spiro atoms. The van der Waals surface area contributed by atoms with Gasteiger partial charge in [-0.3, -0.25) is 24.3 Å². The number of imide groups is 1. The number of rotatable bonds is 4. The predicted octanol–water partition coefficient (Wildman–Crippen LogP) is 1.48. The number of furan rings is 1. The summed E-state index contributed by atoms with van der Waals surface area (Å²) in [5.74, 6) is -0.0629. The summed E-state index contributed by atoms with van der Waals surface area (Å²) >= 11 is 0. The third kappa shape index (κ3) is 2.53. The van der Waals surface area contributed by atoms with Crippen LogP contribution >= 0.6 is 0 Å². The number of nitrogens with one attached hydrogen (secondary N) is 1. The second-order valence-electron chi connectivity index (χ2n) is 5.64. The predicted molar refractivity (Wildman–Crippen MR) is 91.3 cm³/mol. The zero-order valence-electron chi connectivity index (χ0n) is 13.4. The van der Waals surface area contributed by atoms with E-state index >= 15 is 0 Å². The van der Waals surface area contributed by atoms with E-state index in [1.807, 2.05) is 0 Å². The van der Waals surface area contributed by atoms with Gasteiger partial charge in [-0.05, 0) is 36.4 Å². The van der Waals surface area contributed by atoms with E-state index in [4.69, 9.17) is 14.9 Å². The highest BCUT2D eigenvalue weighted by Crippen LogP contribution is 2.24. The van der Waals surface area contributed by atoms with E-state index in [1.165, 1.54) is 4.57 Å². The van der Waals surface area contributed by atoms with E-state index in [0.29, 0.717) is 17.2 Å². The lowest BCUT2D eigenvalue weighted by atomic mass is 10.1. The Bertz CT molecular complexity index is 1070. The Morgan fingerprint density at radius 1 is 1.08 bits per heavy atom. The molecule has 26 heavy (non-hydrogen) atoms. The molecular formula is C18H13N3O5. The van der Waals surface area contributed by atoms with Crippen LogP contribution in [0.4, 0.5) is 5.82 Å². The maximum absolute atomic E-state index is 12.4. The number of anilines is 1. The summed E-state index contributed by atoms with van der Waals surface area (Å²) in [5, 5.41) is 2.13. The van der Waals surface area contributed by atoms with Crippen molar-refractivity contribution < 1.29 is 18.7 Å². The molecule has 0 unspecified atom stereocenters. The summed E-state index contributed by atoms with van der Waals surface area (Å²) in [6.45, 7) is 0.273. The van der Waals surface area contributed by atoms with Crippen molar-refractivity contribution in [3.63, 3.8) is 0 Å². The Hall–Kier alpha value is -3.81. The number of carbonyl (C=O) groups excluding carboxylic acids is 2. The molecule has 0 saturated heterocycles. The second kappa shape index (κ2) is 5.92. The summed E-state index contributed by atoms with van der Waals surface area (Å²) in [5.41, 5.74) is 5.93. The van der Waals surface area contributed by atoms with Crippen molar-refractivity contribution in [2.24, 2.45) is 0 Å². The highest BCUT2D eigenvalue weighted by molar-refractivity contribution is 6.23. The van der Waals surface area contributed by atoms with Crippen LogP contribution in [0.5, 0.6) is 5.75 Å². The van der Waals surface area contributed by atoms with Gasteiger partial charge in [0, 0.05) is 6.07 Å². The van der Waals surface area contributed by atoms with Crippen molar-refractivity contribution in [1.82, 2.24) is 9.88 Å². The van der Waals surface area contributed by atoms with Gasteiger partial charge in [0.15, 0.2) is 0 Å². The van der Waals surface area contributed by atoms with E-state index < -0.39 is 17.4 Å². The van der Waals surface area contributed by atoms with Crippen molar-refractivity contribution in [1.29, 1.82) is 0 Å². The third-order valence-corrected chi connectivity index (χ3v) is 4.01. The average molecular weight is 351 g/mol. The summed E-state index contributed by atoms with van der Waals surface area (Å²) in [6, 6.07) is 11.3. The molecule has 3 aromatic rings. The number of aromatic nitrogens is 1. The van der Waals surface area contributed by atoms with Crippen molar-refractivity contribution in [3.8, 4) is 11.4 Å². The fraction of sp³-hybridized carbons (Fsp3) is 0.0556. The van der Waals surface area contributed by atoms with Crippen LogP contribution in [-0.2, 0) is 6.61 Å². The van der Waals surface area contributed by atoms with Gasteiger partial charge in [0.1, 0.15) is 23.9 Å². The van der Waals surface area contributed by atoms with Gasteiger partial charge in [-0.2, -0.15) is 0 Å². The fourth-order valence-corrected chi connectivity index (χ4v) is 2.79. The smallest absolute Gasteiger partial charge is 0.262 e. The monoisotopic (exact) mass is 351 g/mol. The number of carbonyl (C=O) groups is 2. The lowest BCUT2D eigenvalue weighted by molar-refractivity contribution is 0.0880. The summed E-state index contributed by atoms with van der Waals surface area (Å²) < 4.78 is 11.9. The van der Waals surface area contributed by atoms with Gasteiger partial charge in [-0.25, -0.2) is 0 Å². The number of nitrogen functional groups attached to an aromatic ring is 1. The molecule has 3 heterocycles. The Morgan fingerprint density at radius 2 is 1.85 bits per heavy atom. The van der Waals surface area contributed by atoms with E-state index in [9.17, 15) is 14.4 Å². The molecule has 4 rings (SSSR count). The maximum atomic E-state index is 12.4. The minimum Gasteiger partial charge on any atom is -0.486 e. The second-order valence-corrected chi connectivity index (χ2v) is 5.64.